The number of rotatable bonds is 7. The highest BCUT2D eigenvalue weighted by atomic mass is 16.5. The molecule has 1 unspecified atom stereocenters. The fourth-order valence-corrected chi connectivity index (χ4v) is 1.99. The molecule has 0 aliphatic heterocycles. The Morgan fingerprint density at radius 3 is 2.75 bits per heavy atom. The number of aromatic nitrogens is 2. The van der Waals surface area contributed by atoms with Gasteiger partial charge in [0.15, 0.2) is 5.82 Å². The Hall–Kier alpha value is -1.88. The highest BCUT2D eigenvalue weighted by Crippen LogP contribution is 2.20. The molecule has 0 aliphatic rings. The van der Waals surface area contributed by atoms with Crippen molar-refractivity contribution >= 4 is 5.69 Å². The molecule has 0 bridgehead atoms. The summed E-state index contributed by atoms with van der Waals surface area (Å²) in [5.41, 5.74) is 7.68. The standard InChI is InChI=1S/C15H21N3O2/c1-3-19-9-8-14-17-15(20-18-14)10-11(2)12-4-6-13(16)7-5-12/h4-7,11H,3,8-10,16H2,1-2H3. The first-order valence-electron chi connectivity index (χ1n) is 6.93. The Morgan fingerprint density at radius 2 is 2.05 bits per heavy atom. The number of anilines is 1. The van der Waals surface area contributed by atoms with Crippen LogP contribution in [0.25, 0.3) is 0 Å². The van der Waals surface area contributed by atoms with Gasteiger partial charge >= 0.3 is 0 Å². The number of nitrogens with two attached hydrogens (primary N) is 1. The van der Waals surface area contributed by atoms with Crippen LogP contribution in [0.3, 0.4) is 0 Å². The van der Waals surface area contributed by atoms with E-state index >= 15 is 0 Å². The average Bonchev–Trinajstić information content (AvgIpc) is 2.87. The zero-order valence-corrected chi connectivity index (χ0v) is 12.0. The van der Waals surface area contributed by atoms with Crippen LogP contribution in [0.1, 0.15) is 37.0 Å². The van der Waals surface area contributed by atoms with Crippen molar-refractivity contribution < 1.29 is 9.26 Å². The molecule has 5 nitrogen and oxygen atoms in total. The number of hydrogen-bond donors (Lipinski definition) is 1. The fourth-order valence-electron chi connectivity index (χ4n) is 1.99. The molecule has 2 aromatic rings. The van der Waals surface area contributed by atoms with E-state index in [2.05, 4.69) is 17.1 Å². The van der Waals surface area contributed by atoms with Crippen molar-refractivity contribution in [3.8, 4) is 0 Å². The Kier molecular flexibility index (Phi) is 5.12. The van der Waals surface area contributed by atoms with Crippen LogP contribution in [-0.2, 0) is 17.6 Å². The predicted molar refractivity (Wildman–Crippen MR) is 77.5 cm³/mol. The maximum atomic E-state index is 5.69. The van der Waals surface area contributed by atoms with Crippen LogP contribution in [0, 0.1) is 0 Å². The quantitative estimate of drug-likeness (QED) is 0.621. The Labute approximate surface area is 119 Å². The van der Waals surface area contributed by atoms with Crippen molar-refractivity contribution in [3.63, 3.8) is 0 Å². The molecule has 1 aromatic carbocycles. The van der Waals surface area contributed by atoms with Gasteiger partial charge in [-0.25, -0.2) is 0 Å². The van der Waals surface area contributed by atoms with Crippen LogP contribution in [0.15, 0.2) is 28.8 Å². The van der Waals surface area contributed by atoms with E-state index in [1.165, 1.54) is 5.56 Å². The van der Waals surface area contributed by atoms with Crippen LogP contribution in [0.5, 0.6) is 0 Å². The van der Waals surface area contributed by atoms with Crippen molar-refractivity contribution in [1.29, 1.82) is 0 Å². The summed E-state index contributed by atoms with van der Waals surface area (Å²) >= 11 is 0. The minimum absolute atomic E-state index is 0.316. The van der Waals surface area contributed by atoms with E-state index in [-0.39, 0.29) is 0 Å². The van der Waals surface area contributed by atoms with Crippen molar-refractivity contribution in [3.05, 3.63) is 41.5 Å². The molecule has 0 radical (unpaired) electrons. The van der Waals surface area contributed by atoms with Crippen molar-refractivity contribution in [2.45, 2.75) is 32.6 Å². The lowest BCUT2D eigenvalue weighted by Gasteiger charge is -2.09. The first-order valence-corrected chi connectivity index (χ1v) is 6.93. The largest absolute Gasteiger partial charge is 0.399 e. The molecule has 0 amide bonds. The second-order valence-corrected chi connectivity index (χ2v) is 4.82. The lowest BCUT2D eigenvalue weighted by Crippen LogP contribution is -2.01. The van der Waals surface area contributed by atoms with E-state index in [0.717, 1.165) is 12.1 Å². The second-order valence-electron chi connectivity index (χ2n) is 4.82. The maximum Gasteiger partial charge on any atom is 0.227 e. The number of benzene rings is 1. The van der Waals surface area contributed by atoms with Gasteiger partial charge in [0.1, 0.15) is 0 Å². The van der Waals surface area contributed by atoms with E-state index in [4.69, 9.17) is 15.0 Å². The highest BCUT2D eigenvalue weighted by molar-refractivity contribution is 5.40. The smallest absolute Gasteiger partial charge is 0.227 e. The van der Waals surface area contributed by atoms with Gasteiger partial charge in [-0.2, -0.15) is 4.98 Å². The third-order valence-electron chi connectivity index (χ3n) is 3.17. The number of nitrogen functional groups attached to an aromatic ring is 1. The molecular weight excluding hydrogens is 254 g/mol. The van der Waals surface area contributed by atoms with Gasteiger partial charge in [-0.05, 0) is 30.5 Å². The van der Waals surface area contributed by atoms with Gasteiger partial charge in [0.05, 0.1) is 6.61 Å². The molecule has 5 heteroatoms. The zero-order chi connectivity index (χ0) is 14.4. The summed E-state index contributed by atoms with van der Waals surface area (Å²) in [6.45, 7) is 5.44. The molecule has 108 valence electrons. The monoisotopic (exact) mass is 275 g/mol. The van der Waals surface area contributed by atoms with Gasteiger partial charge in [0.25, 0.3) is 0 Å². The molecule has 20 heavy (non-hydrogen) atoms. The minimum atomic E-state index is 0.316. The summed E-state index contributed by atoms with van der Waals surface area (Å²) in [6.07, 6.45) is 1.42. The Balaban J connectivity index is 1.91. The summed E-state index contributed by atoms with van der Waals surface area (Å²) in [4.78, 5) is 4.38. The second kappa shape index (κ2) is 7.05. The fraction of sp³-hybridized carbons (Fsp3) is 0.467. The first-order chi connectivity index (χ1) is 9.69. The Morgan fingerprint density at radius 1 is 1.30 bits per heavy atom. The van der Waals surface area contributed by atoms with Gasteiger partial charge in [0, 0.05) is 25.1 Å². The molecule has 1 aromatic heterocycles. The third kappa shape index (κ3) is 4.06. The molecule has 2 N–H and O–H groups in total. The van der Waals surface area contributed by atoms with E-state index in [0.29, 0.717) is 37.3 Å². The van der Waals surface area contributed by atoms with Crippen LogP contribution in [-0.4, -0.2) is 23.4 Å². The topological polar surface area (TPSA) is 74.2 Å². The summed E-state index contributed by atoms with van der Waals surface area (Å²) in [7, 11) is 0. The third-order valence-corrected chi connectivity index (χ3v) is 3.17. The van der Waals surface area contributed by atoms with Gasteiger partial charge < -0.3 is 15.0 Å². The molecule has 1 atom stereocenters. The predicted octanol–water partition coefficient (Wildman–Crippen LogP) is 2.58. The van der Waals surface area contributed by atoms with Gasteiger partial charge in [-0.3, -0.25) is 0 Å². The molecule has 0 fully saturated rings. The summed E-state index contributed by atoms with van der Waals surface area (Å²) in [6, 6.07) is 7.89. The average molecular weight is 275 g/mol. The molecule has 0 saturated heterocycles. The lowest BCUT2D eigenvalue weighted by molar-refractivity contribution is 0.149. The normalized spacial score (nSPS) is 12.5. The van der Waals surface area contributed by atoms with Gasteiger partial charge in [-0.15, -0.1) is 0 Å². The van der Waals surface area contributed by atoms with E-state index in [1.807, 2.05) is 31.2 Å². The van der Waals surface area contributed by atoms with E-state index in [1.54, 1.807) is 0 Å². The molecule has 0 saturated carbocycles. The SMILES string of the molecule is CCOCCc1noc(CC(C)c2ccc(N)cc2)n1. The molecular formula is C15H21N3O2. The number of nitrogens with zero attached hydrogens (tertiary/aromatic N) is 2. The first kappa shape index (κ1) is 14.5. The van der Waals surface area contributed by atoms with Gasteiger partial charge in [0.2, 0.25) is 5.89 Å². The highest BCUT2D eigenvalue weighted by Gasteiger charge is 2.12. The number of ether oxygens (including phenoxy) is 1. The van der Waals surface area contributed by atoms with Crippen molar-refractivity contribution in [1.82, 2.24) is 10.1 Å². The van der Waals surface area contributed by atoms with Crippen LogP contribution >= 0.6 is 0 Å². The molecule has 0 aliphatic carbocycles. The van der Waals surface area contributed by atoms with Crippen LogP contribution in [0.4, 0.5) is 5.69 Å². The lowest BCUT2D eigenvalue weighted by atomic mass is 9.98. The molecule has 1 heterocycles. The summed E-state index contributed by atoms with van der Waals surface area (Å²) in [5.74, 6) is 1.69. The summed E-state index contributed by atoms with van der Waals surface area (Å²) in [5, 5.41) is 3.96. The number of hydrogen-bond acceptors (Lipinski definition) is 5. The maximum absolute atomic E-state index is 5.69. The van der Waals surface area contributed by atoms with E-state index in [9.17, 15) is 0 Å². The van der Waals surface area contributed by atoms with Crippen LogP contribution < -0.4 is 5.73 Å². The summed E-state index contributed by atoms with van der Waals surface area (Å²) < 4.78 is 10.5. The van der Waals surface area contributed by atoms with Crippen molar-refractivity contribution in [2.24, 2.45) is 0 Å². The molecule has 2 rings (SSSR count). The van der Waals surface area contributed by atoms with Crippen molar-refractivity contribution in [2.75, 3.05) is 18.9 Å². The Bertz CT molecular complexity index is 522. The minimum Gasteiger partial charge on any atom is -0.399 e. The zero-order valence-electron chi connectivity index (χ0n) is 12.0. The van der Waals surface area contributed by atoms with Gasteiger partial charge in [-0.1, -0.05) is 24.2 Å². The van der Waals surface area contributed by atoms with Crippen LogP contribution in [0.2, 0.25) is 0 Å². The molecule has 0 spiro atoms. The van der Waals surface area contributed by atoms with E-state index < -0.39 is 0 Å².